The van der Waals surface area contributed by atoms with E-state index < -0.39 is 35.9 Å². The van der Waals surface area contributed by atoms with Crippen LogP contribution < -0.4 is 11.1 Å². The fourth-order valence-electron chi connectivity index (χ4n) is 3.64. The average molecular weight is 547 g/mol. The second kappa shape index (κ2) is 16.5. The number of amides is 1. The highest BCUT2D eigenvalue weighted by atomic mass is 16.5. The van der Waals surface area contributed by atoms with Gasteiger partial charge in [-0.15, -0.1) is 0 Å². The van der Waals surface area contributed by atoms with Crippen molar-refractivity contribution in [2.45, 2.75) is 57.6 Å². The molecule has 0 aliphatic carbocycles. The van der Waals surface area contributed by atoms with Crippen molar-refractivity contribution in [3.63, 3.8) is 0 Å². The minimum absolute atomic E-state index is 0.00378. The molecule has 210 valence electrons. The molecule has 9 nitrogen and oxygen atoms in total. The number of nitrogens with two attached hydrogens (primary N) is 1. The van der Waals surface area contributed by atoms with Crippen LogP contribution in [-0.4, -0.2) is 35.9 Å². The maximum Gasteiger partial charge on any atom is 0.328 e. The third kappa shape index (κ3) is 11.1. The van der Waals surface area contributed by atoms with Crippen molar-refractivity contribution in [3.8, 4) is 0 Å². The predicted molar refractivity (Wildman–Crippen MR) is 147 cm³/mol. The van der Waals surface area contributed by atoms with Crippen LogP contribution in [0.5, 0.6) is 0 Å². The van der Waals surface area contributed by atoms with Crippen LogP contribution in [0, 0.1) is 0 Å². The van der Waals surface area contributed by atoms with Gasteiger partial charge in [-0.1, -0.05) is 91.0 Å². The molecule has 3 rings (SSSR count). The molecule has 3 aromatic carbocycles. The summed E-state index contributed by atoms with van der Waals surface area (Å²) in [5, 5.41) is 2.57. The molecule has 0 aromatic heterocycles. The Kier molecular flexibility index (Phi) is 12.4. The molecule has 9 heteroatoms. The Morgan fingerprint density at radius 1 is 0.600 bits per heavy atom. The zero-order valence-electron chi connectivity index (χ0n) is 22.2. The van der Waals surface area contributed by atoms with E-state index in [1.165, 1.54) is 0 Å². The van der Waals surface area contributed by atoms with Gasteiger partial charge in [0.2, 0.25) is 5.91 Å². The summed E-state index contributed by atoms with van der Waals surface area (Å²) < 4.78 is 15.9. The lowest BCUT2D eigenvalue weighted by Crippen LogP contribution is -2.49. The molecule has 40 heavy (non-hydrogen) atoms. The van der Waals surface area contributed by atoms with Crippen LogP contribution in [0.15, 0.2) is 91.0 Å². The van der Waals surface area contributed by atoms with Gasteiger partial charge in [-0.3, -0.25) is 14.4 Å². The third-order valence-electron chi connectivity index (χ3n) is 5.94. The van der Waals surface area contributed by atoms with E-state index in [0.29, 0.717) is 0 Å². The SMILES string of the molecule is NC(CCC(=O)OCc1ccccc1)C(=O)NC(CCC(=O)OCc1ccccc1)C(=O)OCc1ccccc1. The number of esters is 3. The molecule has 0 saturated carbocycles. The van der Waals surface area contributed by atoms with Gasteiger partial charge in [-0.25, -0.2) is 4.79 Å². The molecule has 0 aliphatic rings. The van der Waals surface area contributed by atoms with Gasteiger partial charge in [0.25, 0.3) is 0 Å². The Morgan fingerprint density at radius 3 is 1.45 bits per heavy atom. The first-order valence-corrected chi connectivity index (χ1v) is 13.1. The fraction of sp³-hybridized carbons (Fsp3) is 0.290. The number of carbonyl (C=O) groups is 4. The van der Waals surface area contributed by atoms with E-state index in [1.54, 1.807) is 12.1 Å². The van der Waals surface area contributed by atoms with Crippen LogP contribution in [0.2, 0.25) is 0 Å². The van der Waals surface area contributed by atoms with Gasteiger partial charge in [0.15, 0.2) is 0 Å². The van der Waals surface area contributed by atoms with Gasteiger partial charge < -0.3 is 25.3 Å². The van der Waals surface area contributed by atoms with E-state index in [2.05, 4.69) is 5.32 Å². The number of rotatable bonds is 15. The quantitative estimate of drug-likeness (QED) is 0.218. The van der Waals surface area contributed by atoms with Gasteiger partial charge in [0, 0.05) is 12.8 Å². The molecule has 0 aliphatic heterocycles. The van der Waals surface area contributed by atoms with Gasteiger partial charge in [0.1, 0.15) is 25.9 Å². The summed E-state index contributed by atoms with van der Waals surface area (Å²) in [5.74, 6) is -2.37. The lowest BCUT2D eigenvalue weighted by atomic mass is 10.1. The second-order valence-electron chi connectivity index (χ2n) is 9.13. The molecule has 3 aromatic rings. The van der Waals surface area contributed by atoms with Crippen molar-refractivity contribution in [3.05, 3.63) is 108 Å². The van der Waals surface area contributed by atoms with Crippen LogP contribution >= 0.6 is 0 Å². The molecule has 3 N–H and O–H groups in total. The van der Waals surface area contributed by atoms with Crippen molar-refractivity contribution in [1.29, 1.82) is 0 Å². The molecule has 1 amide bonds. The number of hydrogen-bond donors (Lipinski definition) is 2. The van der Waals surface area contributed by atoms with Crippen LogP contribution in [0.1, 0.15) is 42.4 Å². The maximum atomic E-state index is 12.8. The van der Waals surface area contributed by atoms with E-state index in [4.69, 9.17) is 19.9 Å². The van der Waals surface area contributed by atoms with Crippen molar-refractivity contribution in [2.75, 3.05) is 0 Å². The summed E-state index contributed by atoms with van der Waals surface area (Å²) in [6.45, 7) is 0.223. The van der Waals surface area contributed by atoms with Crippen LogP contribution in [0.25, 0.3) is 0 Å². The van der Waals surface area contributed by atoms with E-state index in [0.717, 1.165) is 16.7 Å². The molecule has 0 fully saturated rings. The Hall–Kier alpha value is -4.50. The summed E-state index contributed by atoms with van der Waals surface area (Å²) >= 11 is 0. The van der Waals surface area contributed by atoms with Crippen LogP contribution in [0.3, 0.4) is 0 Å². The minimum atomic E-state index is -1.13. The smallest absolute Gasteiger partial charge is 0.328 e. The number of ether oxygens (including phenoxy) is 3. The number of nitrogens with one attached hydrogen (secondary N) is 1. The molecule has 0 spiro atoms. The number of carbonyl (C=O) groups excluding carboxylic acids is 4. The van der Waals surface area contributed by atoms with Gasteiger partial charge in [0.05, 0.1) is 6.04 Å². The van der Waals surface area contributed by atoms with Gasteiger partial charge in [-0.2, -0.15) is 0 Å². The monoisotopic (exact) mass is 546 g/mol. The molecule has 0 bridgehead atoms. The highest BCUT2D eigenvalue weighted by Crippen LogP contribution is 2.09. The summed E-state index contributed by atoms with van der Waals surface area (Å²) in [6.07, 6.45) is -0.223. The Bertz CT molecular complexity index is 1220. The van der Waals surface area contributed by atoms with E-state index in [-0.39, 0.29) is 45.5 Å². The first-order chi connectivity index (χ1) is 19.4. The van der Waals surface area contributed by atoms with Gasteiger partial charge >= 0.3 is 17.9 Å². The third-order valence-corrected chi connectivity index (χ3v) is 5.94. The predicted octanol–water partition coefficient (Wildman–Crippen LogP) is 3.59. The van der Waals surface area contributed by atoms with E-state index in [1.807, 2.05) is 78.9 Å². The molecule has 2 unspecified atom stereocenters. The molecular weight excluding hydrogens is 512 g/mol. The zero-order chi connectivity index (χ0) is 28.6. The Labute approximate surface area is 233 Å². The minimum Gasteiger partial charge on any atom is -0.461 e. The summed E-state index contributed by atoms with van der Waals surface area (Å²) in [4.78, 5) is 50.0. The first-order valence-electron chi connectivity index (χ1n) is 13.1. The first kappa shape index (κ1) is 30.0. The highest BCUT2D eigenvalue weighted by molar-refractivity contribution is 5.88. The number of benzene rings is 3. The topological polar surface area (TPSA) is 134 Å². The normalized spacial score (nSPS) is 12.0. The van der Waals surface area contributed by atoms with E-state index in [9.17, 15) is 19.2 Å². The molecule has 0 heterocycles. The molecular formula is C31H34N2O7. The Balaban J connectivity index is 1.50. The molecule has 2 atom stereocenters. The van der Waals surface area contributed by atoms with Crippen molar-refractivity contribution >= 4 is 23.8 Å². The zero-order valence-corrected chi connectivity index (χ0v) is 22.2. The van der Waals surface area contributed by atoms with Crippen LogP contribution in [-0.2, 0) is 53.2 Å². The summed E-state index contributed by atoms with van der Waals surface area (Å²) in [6, 6.07) is 25.3. The molecule has 0 saturated heterocycles. The van der Waals surface area contributed by atoms with Crippen molar-refractivity contribution in [1.82, 2.24) is 5.32 Å². The average Bonchev–Trinajstić information content (AvgIpc) is 3.00. The van der Waals surface area contributed by atoms with Gasteiger partial charge in [-0.05, 0) is 29.5 Å². The standard InChI is InChI=1S/C31H34N2O7/c32-26(16-18-28(34)38-20-23-10-4-1-5-11-23)30(36)33-27(31(37)40-22-25-14-8-3-9-15-25)17-19-29(35)39-21-24-12-6-2-7-13-24/h1-15,26-27H,16-22,32H2,(H,33,36). The summed E-state index contributed by atoms with van der Waals surface area (Å²) in [7, 11) is 0. The van der Waals surface area contributed by atoms with Crippen molar-refractivity contribution in [2.24, 2.45) is 5.73 Å². The highest BCUT2D eigenvalue weighted by Gasteiger charge is 2.26. The second-order valence-corrected chi connectivity index (χ2v) is 9.13. The summed E-state index contributed by atoms with van der Waals surface area (Å²) in [5.41, 5.74) is 8.44. The Morgan fingerprint density at radius 2 is 1.00 bits per heavy atom. The maximum absolute atomic E-state index is 12.8. The largest absolute Gasteiger partial charge is 0.461 e. The van der Waals surface area contributed by atoms with Crippen LogP contribution in [0.4, 0.5) is 0 Å². The lowest BCUT2D eigenvalue weighted by Gasteiger charge is -2.20. The van der Waals surface area contributed by atoms with E-state index >= 15 is 0 Å². The lowest BCUT2D eigenvalue weighted by molar-refractivity contribution is -0.151. The molecule has 0 radical (unpaired) electrons. The fourth-order valence-corrected chi connectivity index (χ4v) is 3.64. The van der Waals surface area contributed by atoms with Crippen molar-refractivity contribution < 1.29 is 33.4 Å². The number of hydrogen-bond acceptors (Lipinski definition) is 8.